The minimum absolute atomic E-state index is 0.0423. The molecular weight excluding hydrogens is 767 g/mol. The lowest BCUT2D eigenvalue weighted by molar-refractivity contribution is -0.141. The number of hydrogen-bond acceptors (Lipinski definition) is 9. The van der Waals surface area contributed by atoms with Crippen LogP contribution in [0, 0.1) is 5.82 Å². The first-order valence-electron chi connectivity index (χ1n) is 18.4. The molecule has 17 heteroatoms. The second-order valence-electron chi connectivity index (χ2n) is 14.0. The molecule has 1 saturated heterocycles. The van der Waals surface area contributed by atoms with Crippen LogP contribution >= 0.6 is 0 Å². The van der Waals surface area contributed by atoms with Crippen LogP contribution in [0.1, 0.15) is 44.8 Å². The number of hydrogen-bond donors (Lipinski definition) is 3. The molecule has 3 N–H and O–H groups in total. The van der Waals surface area contributed by atoms with Gasteiger partial charge in [0.15, 0.2) is 11.4 Å². The van der Waals surface area contributed by atoms with Crippen LogP contribution in [0.4, 0.5) is 28.9 Å². The molecule has 59 heavy (non-hydrogen) atoms. The Labute approximate surface area is 332 Å². The summed E-state index contributed by atoms with van der Waals surface area (Å²) >= 11 is 0. The summed E-state index contributed by atoms with van der Waals surface area (Å²) in [6.45, 7) is 1.78. The largest absolute Gasteiger partial charge is 0.433 e. The number of fused-ring (bicyclic) bond motifs is 2. The van der Waals surface area contributed by atoms with Gasteiger partial charge in [-0.2, -0.15) is 23.4 Å². The van der Waals surface area contributed by atoms with Crippen LogP contribution in [0.25, 0.3) is 44.1 Å². The van der Waals surface area contributed by atoms with Gasteiger partial charge in [-0.1, -0.05) is 18.2 Å². The Bertz CT molecular complexity index is 2840. The van der Waals surface area contributed by atoms with Crippen molar-refractivity contribution in [2.45, 2.75) is 25.2 Å². The van der Waals surface area contributed by atoms with Crippen molar-refractivity contribution in [1.82, 2.24) is 44.8 Å². The molecular formula is C42H31F4N11O2. The Morgan fingerprint density at radius 1 is 0.763 bits per heavy atom. The molecule has 1 unspecified atom stereocenters. The van der Waals surface area contributed by atoms with E-state index in [1.165, 1.54) is 12.3 Å². The summed E-state index contributed by atoms with van der Waals surface area (Å²) in [4.78, 5) is 45.4. The number of alkyl halides is 3. The molecule has 294 valence electrons. The Hall–Kier alpha value is -7.40. The smallest absolute Gasteiger partial charge is 0.319 e. The second kappa shape index (κ2) is 15.2. The van der Waals surface area contributed by atoms with Crippen molar-refractivity contribution >= 4 is 45.0 Å². The highest BCUT2D eigenvalue weighted by Gasteiger charge is 2.32. The van der Waals surface area contributed by atoms with E-state index in [1.807, 2.05) is 42.5 Å². The van der Waals surface area contributed by atoms with Crippen molar-refractivity contribution in [2.75, 3.05) is 23.7 Å². The average Bonchev–Trinajstić information content (AvgIpc) is 3.99. The van der Waals surface area contributed by atoms with Gasteiger partial charge in [0.1, 0.15) is 11.5 Å². The SMILES string of the molecule is O=C(Nc1ccc(CN2CCC(n3nc(C(=O)Nc4ccc(C(F)(F)F)nc4)c4cc(-c5cncc(F)c5)ccc43)C2)nc1)c1n[nH]c2ccc(-c3cccnc3)cc12. The van der Waals surface area contributed by atoms with Gasteiger partial charge in [-0.3, -0.25) is 39.2 Å². The van der Waals surface area contributed by atoms with Gasteiger partial charge in [0, 0.05) is 60.1 Å². The molecule has 0 saturated carbocycles. The van der Waals surface area contributed by atoms with Crippen molar-refractivity contribution in [2.24, 2.45) is 0 Å². The van der Waals surface area contributed by atoms with Gasteiger partial charge in [-0.05, 0) is 78.2 Å². The molecule has 0 aliphatic carbocycles. The number of aromatic nitrogens is 8. The Morgan fingerprint density at radius 2 is 1.51 bits per heavy atom. The van der Waals surface area contributed by atoms with E-state index in [9.17, 15) is 27.2 Å². The van der Waals surface area contributed by atoms with Crippen molar-refractivity contribution in [3.8, 4) is 22.3 Å². The van der Waals surface area contributed by atoms with Gasteiger partial charge in [-0.25, -0.2) is 9.37 Å². The lowest BCUT2D eigenvalue weighted by Gasteiger charge is -2.16. The number of carbonyl (C=O) groups is 2. The number of benzene rings is 2. The predicted molar refractivity (Wildman–Crippen MR) is 211 cm³/mol. The number of H-pyrrole nitrogens is 1. The Balaban J connectivity index is 0.905. The number of nitrogens with zero attached hydrogens (tertiary/aromatic N) is 8. The number of likely N-dealkylation sites (tertiary alicyclic amines) is 1. The summed E-state index contributed by atoms with van der Waals surface area (Å²) in [5.74, 6) is -1.55. The lowest BCUT2D eigenvalue weighted by atomic mass is 10.0. The third-order valence-corrected chi connectivity index (χ3v) is 10.1. The van der Waals surface area contributed by atoms with Gasteiger partial charge in [0.25, 0.3) is 11.8 Å². The first-order valence-corrected chi connectivity index (χ1v) is 18.4. The zero-order chi connectivity index (χ0) is 40.7. The summed E-state index contributed by atoms with van der Waals surface area (Å²) in [6, 6.07) is 21.6. The zero-order valence-electron chi connectivity index (χ0n) is 30.8. The van der Waals surface area contributed by atoms with E-state index in [1.54, 1.807) is 41.5 Å². The summed E-state index contributed by atoms with van der Waals surface area (Å²) in [7, 11) is 0. The van der Waals surface area contributed by atoms with Crippen LogP contribution < -0.4 is 10.6 Å². The maximum atomic E-state index is 14.1. The molecule has 0 spiro atoms. The molecule has 2 aromatic carbocycles. The molecule has 1 aliphatic heterocycles. The molecule has 9 rings (SSSR count). The molecule has 1 fully saturated rings. The van der Waals surface area contributed by atoms with Crippen LogP contribution in [-0.4, -0.2) is 69.7 Å². The topological polar surface area (TPSA) is 160 Å². The van der Waals surface area contributed by atoms with Crippen LogP contribution in [-0.2, 0) is 12.7 Å². The first-order chi connectivity index (χ1) is 28.6. The standard InChI is InChI=1S/C42H31F4N11O2/c43-28-14-27(18-48-19-28)25-4-9-36-34(16-25)39(41(59)52-30-7-10-37(50-21-30)42(44,45)46)55-57(36)32-11-13-56(23-32)22-31-6-5-29(20-49-31)51-40(58)38-33-15-24(3-8-35(33)53-54-38)26-2-1-12-47-17-26/h1-10,12,14-21,32H,11,13,22-23H2,(H,51,58)(H,52,59)(H,53,54). The number of nitrogens with one attached hydrogen (secondary N) is 3. The summed E-state index contributed by atoms with van der Waals surface area (Å²) < 4.78 is 55.2. The quantitative estimate of drug-likeness (QED) is 0.123. The number of carbonyl (C=O) groups excluding carboxylic acids is 2. The highest BCUT2D eigenvalue weighted by Crippen LogP contribution is 2.33. The summed E-state index contributed by atoms with van der Waals surface area (Å²) in [6.07, 6.45) is 4.66. The first kappa shape index (κ1) is 37.2. The minimum atomic E-state index is -4.63. The fraction of sp³-hybridized carbons (Fsp3) is 0.143. The molecule has 8 aromatic rings. The fourth-order valence-corrected chi connectivity index (χ4v) is 7.23. The third kappa shape index (κ3) is 7.70. The van der Waals surface area contributed by atoms with Crippen LogP contribution in [0.2, 0.25) is 0 Å². The van der Waals surface area contributed by atoms with E-state index >= 15 is 0 Å². The van der Waals surface area contributed by atoms with Crippen LogP contribution in [0.3, 0.4) is 0 Å². The molecule has 6 aromatic heterocycles. The molecule has 7 heterocycles. The van der Waals surface area contributed by atoms with E-state index in [-0.39, 0.29) is 29.0 Å². The second-order valence-corrected chi connectivity index (χ2v) is 14.0. The molecule has 2 amide bonds. The molecule has 1 aliphatic rings. The van der Waals surface area contributed by atoms with Crippen molar-refractivity contribution in [1.29, 1.82) is 0 Å². The number of amides is 2. The molecule has 0 bridgehead atoms. The highest BCUT2D eigenvalue weighted by molar-refractivity contribution is 6.12. The van der Waals surface area contributed by atoms with Crippen molar-refractivity contribution < 1.29 is 27.2 Å². The van der Waals surface area contributed by atoms with Gasteiger partial charge < -0.3 is 10.6 Å². The van der Waals surface area contributed by atoms with E-state index in [0.717, 1.165) is 46.9 Å². The Kier molecular flexibility index (Phi) is 9.56. The van der Waals surface area contributed by atoms with E-state index < -0.39 is 23.6 Å². The molecule has 0 radical (unpaired) electrons. The maximum absolute atomic E-state index is 14.1. The maximum Gasteiger partial charge on any atom is 0.433 e. The van der Waals surface area contributed by atoms with Gasteiger partial charge in [0.05, 0.1) is 52.7 Å². The average molecular weight is 798 g/mol. The summed E-state index contributed by atoms with van der Waals surface area (Å²) in [5.41, 5.74) is 4.85. The van der Waals surface area contributed by atoms with E-state index in [2.05, 4.69) is 45.7 Å². The lowest BCUT2D eigenvalue weighted by Crippen LogP contribution is -2.22. The monoisotopic (exact) mass is 797 g/mol. The van der Waals surface area contributed by atoms with E-state index in [0.29, 0.717) is 59.2 Å². The Morgan fingerprint density at radius 3 is 2.24 bits per heavy atom. The van der Waals surface area contributed by atoms with Gasteiger partial charge >= 0.3 is 6.18 Å². The van der Waals surface area contributed by atoms with Gasteiger partial charge in [0.2, 0.25) is 0 Å². The predicted octanol–water partition coefficient (Wildman–Crippen LogP) is 7.94. The zero-order valence-corrected chi connectivity index (χ0v) is 30.8. The highest BCUT2D eigenvalue weighted by atomic mass is 19.4. The third-order valence-electron chi connectivity index (χ3n) is 10.1. The number of anilines is 2. The summed E-state index contributed by atoms with van der Waals surface area (Å²) in [5, 5.41) is 18.6. The van der Waals surface area contributed by atoms with Gasteiger partial charge in [-0.15, -0.1) is 0 Å². The fourth-order valence-electron chi connectivity index (χ4n) is 7.23. The molecule has 1 atom stereocenters. The molecule has 13 nitrogen and oxygen atoms in total. The number of pyridine rings is 4. The van der Waals surface area contributed by atoms with Crippen molar-refractivity contribution in [3.63, 3.8) is 0 Å². The number of aromatic amines is 1. The number of rotatable bonds is 9. The van der Waals surface area contributed by atoms with Crippen LogP contribution in [0.15, 0.2) is 116 Å². The van der Waals surface area contributed by atoms with Crippen molar-refractivity contribution in [3.05, 3.63) is 145 Å². The van der Waals surface area contributed by atoms with Crippen LogP contribution in [0.5, 0.6) is 0 Å². The normalized spacial score (nSPS) is 14.5. The minimum Gasteiger partial charge on any atom is -0.319 e. The van der Waals surface area contributed by atoms with E-state index in [4.69, 9.17) is 5.10 Å². The number of halogens is 4.